The standard InChI is InChI=1S/C17H19N5O2S.ClH/c1-8-12-5-11(10(3)23)7-19-17(12)25-14(8)16(24)20-15-13(6-18)9(2)22(4)21-15;/h5,7H,6,18H2,1-4H3,(H,20,21,24);1H. The number of carbonyl (C=O) groups excluding carboxylic acids is 2. The third-order valence-corrected chi connectivity index (χ3v) is 5.52. The van der Waals surface area contributed by atoms with Gasteiger partial charge in [0.25, 0.3) is 5.91 Å². The minimum absolute atomic E-state index is 0. The monoisotopic (exact) mass is 393 g/mol. The second-order valence-corrected chi connectivity index (χ2v) is 6.88. The number of aryl methyl sites for hydroxylation is 2. The minimum Gasteiger partial charge on any atom is -0.326 e. The average Bonchev–Trinajstić information content (AvgIpc) is 3.04. The molecule has 3 aromatic heterocycles. The summed E-state index contributed by atoms with van der Waals surface area (Å²) in [5.41, 5.74) is 8.83. The van der Waals surface area contributed by atoms with Gasteiger partial charge in [-0.15, -0.1) is 23.7 Å². The zero-order chi connectivity index (χ0) is 18.3. The molecule has 1 amide bonds. The predicted octanol–water partition coefficient (Wildman–Crippen LogP) is 2.98. The number of hydrogen-bond acceptors (Lipinski definition) is 6. The topological polar surface area (TPSA) is 103 Å². The van der Waals surface area contributed by atoms with E-state index in [1.807, 2.05) is 20.9 Å². The van der Waals surface area contributed by atoms with Crippen molar-refractivity contribution < 1.29 is 9.59 Å². The number of rotatable bonds is 4. The van der Waals surface area contributed by atoms with Crippen LogP contribution in [-0.4, -0.2) is 26.5 Å². The lowest BCUT2D eigenvalue weighted by molar-refractivity contribution is 0.101. The fourth-order valence-electron chi connectivity index (χ4n) is 2.67. The van der Waals surface area contributed by atoms with Crippen LogP contribution >= 0.6 is 23.7 Å². The average molecular weight is 394 g/mol. The Hall–Kier alpha value is -2.29. The van der Waals surface area contributed by atoms with Gasteiger partial charge in [-0.2, -0.15) is 5.10 Å². The molecule has 3 aromatic rings. The van der Waals surface area contributed by atoms with E-state index in [2.05, 4.69) is 15.4 Å². The van der Waals surface area contributed by atoms with Crippen molar-refractivity contribution in [2.75, 3.05) is 5.32 Å². The zero-order valence-electron chi connectivity index (χ0n) is 14.9. The Morgan fingerprint density at radius 2 is 2.04 bits per heavy atom. The van der Waals surface area contributed by atoms with Gasteiger partial charge in [-0.25, -0.2) is 4.98 Å². The fourth-order valence-corrected chi connectivity index (χ4v) is 3.70. The molecule has 0 aliphatic rings. The van der Waals surface area contributed by atoms with Crippen molar-refractivity contribution in [1.29, 1.82) is 0 Å². The van der Waals surface area contributed by atoms with Crippen molar-refractivity contribution >= 4 is 51.5 Å². The molecular formula is C17H20ClN5O2S. The Bertz CT molecular complexity index is 1010. The highest BCUT2D eigenvalue weighted by atomic mass is 35.5. The van der Waals surface area contributed by atoms with E-state index in [-0.39, 0.29) is 24.1 Å². The highest BCUT2D eigenvalue weighted by Gasteiger charge is 2.20. The molecule has 0 spiro atoms. The number of nitrogens with zero attached hydrogens (tertiary/aromatic N) is 3. The first-order valence-corrected chi connectivity index (χ1v) is 8.59. The van der Waals surface area contributed by atoms with Crippen LogP contribution in [0.2, 0.25) is 0 Å². The Morgan fingerprint density at radius 1 is 1.35 bits per heavy atom. The molecule has 0 aromatic carbocycles. The number of anilines is 1. The maximum atomic E-state index is 12.7. The largest absolute Gasteiger partial charge is 0.326 e. The molecule has 0 radical (unpaired) electrons. The second-order valence-electron chi connectivity index (χ2n) is 5.88. The maximum Gasteiger partial charge on any atom is 0.267 e. The van der Waals surface area contributed by atoms with E-state index in [0.29, 0.717) is 22.8 Å². The van der Waals surface area contributed by atoms with Crippen molar-refractivity contribution in [2.24, 2.45) is 12.8 Å². The van der Waals surface area contributed by atoms with E-state index in [9.17, 15) is 9.59 Å². The van der Waals surface area contributed by atoms with E-state index in [1.165, 1.54) is 24.5 Å². The lowest BCUT2D eigenvalue weighted by atomic mass is 10.1. The van der Waals surface area contributed by atoms with Crippen LogP contribution in [0.4, 0.5) is 5.82 Å². The normalized spacial score (nSPS) is 10.7. The molecule has 3 rings (SSSR count). The number of aromatic nitrogens is 3. The van der Waals surface area contributed by atoms with Crippen LogP contribution in [0.1, 0.15) is 43.8 Å². The van der Waals surface area contributed by atoms with Crippen molar-refractivity contribution in [3.63, 3.8) is 0 Å². The summed E-state index contributed by atoms with van der Waals surface area (Å²) in [4.78, 5) is 29.9. The minimum atomic E-state index is -0.252. The van der Waals surface area contributed by atoms with Gasteiger partial charge in [0.05, 0.1) is 4.88 Å². The highest BCUT2D eigenvalue weighted by molar-refractivity contribution is 7.20. The summed E-state index contributed by atoms with van der Waals surface area (Å²) < 4.78 is 1.69. The van der Waals surface area contributed by atoms with E-state index in [4.69, 9.17) is 5.73 Å². The number of hydrogen-bond donors (Lipinski definition) is 2. The number of pyridine rings is 1. The summed E-state index contributed by atoms with van der Waals surface area (Å²) in [6.07, 6.45) is 1.54. The first-order chi connectivity index (χ1) is 11.8. The van der Waals surface area contributed by atoms with Gasteiger partial charge in [-0.05, 0) is 32.4 Å². The Kier molecular flexibility index (Phi) is 5.80. The molecule has 0 unspecified atom stereocenters. The number of ketones is 1. The van der Waals surface area contributed by atoms with Crippen molar-refractivity contribution in [3.05, 3.63) is 39.5 Å². The molecule has 0 aliphatic heterocycles. The van der Waals surface area contributed by atoms with E-state index in [0.717, 1.165) is 27.0 Å². The Labute approximate surface area is 161 Å². The van der Waals surface area contributed by atoms with Gasteiger partial charge in [-0.1, -0.05) is 0 Å². The van der Waals surface area contributed by atoms with Gasteiger partial charge >= 0.3 is 0 Å². The van der Waals surface area contributed by atoms with Crippen LogP contribution in [-0.2, 0) is 13.6 Å². The summed E-state index contributed by atoms with van der Waals surface area (Å²) in [5, 5.41) is 7.98. The molecule has 0 bridgehead atoms. The highest BCUT2D eigenvalue weighted by Crippen LogP contribution is 2.31. The van der Waals surface area contributed by atoms with Crippen molar-refractivity contribution in [1.82, 2.24) is 14.8 Å². The number of thiophene rings is 1. The van der Waals surface area contributed by atoms with Gasteiger partial charge in [-0.3, -0.25) is 14.3 Å². The number of carbonyl (C=O) groups is 2. The predicted molar refractivity (Wildman–Crippen MR) is 105 cm³/mol. The molecule has 9 heteroatoms. The molecule has 26 heavy (non-hydrogen) atoms. The molecule has 3 heterocycles. The van der Waals surface area contributed by atoms with Crippen LogP contribution in [0.5, 0.6) is 0 Å². The van der Waals surface area contributed by atoms with E-state index in [1.54, 1.807) is 10.7 Å². The summed E-state index contributed by atoms with van der Waals surface area (Å²) in [6, 6.07) is 1.78. The lowest BCUT2D eigenvalue weighted by Gasteiger charge is -2.03. The smallest absolute Gasteiger partial charge is 0.267 e. The zero-order valence-corrected chi connectivity index (χ0v) is 16.5. The molecule has 3 N–H and O–H groups in total. The quantitative estimate of drug-likeness (QED) is 0.663. The number of nitrogens with one attached hydrogen (secondary N) is 1. The van der Waals surface area contributed by atoms with Gasteiger partial charge in [0.15, 0.2) is 11.6 Å². The second kappa shape index (κ2) is 7.53. The van der Waals surface area contributed by atoms with E-state index >= 15 is 0 Å². The van der Waals surface area contributed by atoms with Crippen LogP contribution in [0.15, 0.2) is 12.3 Å². The van der Waals surface area contributed by atoms with Crippen LogP contribution < -0.4 is 11.1 Å². The molecule has 0 saturated heterocycles. The van der Waals surface area contributed by atoms with Crippen molar-refractivity contribution in [2.45, 2.75) is 27.3 Å². The van der Waals surface area contributed by atoms with Gasteiger partial charge < -0.3 is 11.1 Å². The number of fused-ring (bicyclic) bond motifs is 1. The first-order valence-electron chi connectivity index (χ1n) is 7.77. The molecule has 0 atom stereocenters. The van der Waals surface area contributed by atoms with Crippen LogP contribution in [0.25, 0.3) is 10.2 Å². The lowest BCUT2D eigenvalue weighted by Crippen LogP contribution is -2.14. The van der Waals surface area contributed by atoms with E-state index < -0.39 is 0 Å². The molecule has 138 valence electrons. The third kappa shape index (κ3) is 3.35. The Balaban J connectivity index is 0.00000243. The van der Waals surface area contributed by atoms with Gasteiger partial charge in [0.2, 0.25) is 0 Å². The first kappa shape index (κ1) is 20.0. The number of amides is 1. The third-order valence-electron chi connectivity index (χ3n) is 4.30. The SMILES string of the molecule is CC(=O)c1cnc2sc(C(=O)Nc3nn(C)c(C)c3CN)c(C)c2c1.Cl. The van der Waals surface area contributed by atoms with Crippen molar-refractivity contribution in [3.8, 4) is 0 Å². The number of nitrogens with two attached hydrogens (primary N) is 1. The van der Waals surface area contributed by atoms with Gasteiger partial charge in [0, 0.05) is 42.0 Å². The molecule has 0 saturated carbocycles. The number of Topliss-reactive ketones (excluding diaryl/α,β-unsaturated/α-hetero) is 1. The van der Waals surface area contributed by atoms with Crippen LogP contribution in [0.3, 0.4) is 0 Å². The maximum absolute atomic E-state index is 12.7. The molecule has 0 aliphatic carbocycles. The molecule has 0 fully saturated rings. The summed E-state index contributed by atoms with van der Waals surface area (Å²) >= 11 is 1.30. The van der Waals surface area contributed by atoms with Gasteiger partial charge in [0.1, 0.15) is 4.83 Å². The summed E-state index contributed by atoms with van der Waals surface area (Å²) in [5.74, 6) is 0.168. The summed E-state index contributed by atoms with van der Waals surface area (Å²) in [7, 11) is 1.81. The number of halogens is 1. The Morgan fingerprint density at radius 3 is 2.65 bits per heavy atom. The molecule has 7 nitrogen and oxygen atoms in total. The summed E-state index contributed by atoms with van der Waals surface area (Å²) in [6.45, 7) is 5.55. The molecular weight excluding hydrogens is 374 g/mol. The fraction of sp³-hybridized carbons (Fsp3) is 0.294. The van der Waals surface area contributed by atoms with Crippen LogP contribution in [0, 0.1) is 13.8 Å².